The second kappa shape index (κ2) is 12.1. The number of nitrogens with zero attached hydrogens (tertiary/aromatic N) is 6. The number of pyridine rings is 1. The monoisotopic (exact) mass is 607 g/mol. The van der Waals surface area contributed by atoms with Crippen LogP contribution >= 0.6 is 18.9 Å². The van der Waals surface area contributed by atoms with Gasteiger partial charge in [-0.3, -0.25) is 9.48 Å². The Kier molecular flexibility index (Phi) is 8.59. The maximum Gasteiger partial charge on any atom is 0.397 e. The van der Waals surface area contributed by atoms with E-state index >= 15 is 0 Å². The Balaban J connectivity index is 1.38. The first kappa shape index (κ1) is 29.0. The summed E-state index contributed by atoms with van der Waals surface area (Å²) in [4.78, 5) is 31.8. The first-order valence-corrected chi connectivity index (χ1v) is 15.7. The van der Waals surface area contributed by atoms with Gasteiger partial charge in [0.05, 0.1) is 42.0 Å². The van der Waals surface area contributed by atoms with Crippen LogP contribution in [0.4, 0.5) is 14.5 Å². The molecule has 1 amide bonds. The van der Waals surface area contributed by atoms with Crippen molar-refractivity contribution in [3.8, 4) is 22.0 Å². The van der Waals surface area contributed by atoms with E-state index in [4.69, 9.17) is 9.36 Å². The van der Waals surface area contributed by atoms with Crippen molar-refractivity contribution in [1.29, 1.82) is 0 Å². The molecule has 218 valence electrons. The summed E-state index contributed by atoms with van der Waals surface area (Å²) in [5.74, 6) is -2.26. The SMILES string of the molecule is CCOC1CCC(n2cc(NC(=O)c3csc(-c4cnn(OP(=O)(O)CC)c4)n3)c(-c3nc(F)ccc3F)n2)CC1. The lowest BCUT2D eigenvalue weighted by atomic mass is 9.93. The van der Waals surface area contributed by atoms with Crippen molar-refractivity contribution in [2.45, 2.75) is 51.7 Å². The molecule has 0 spiro atoms. The van der Waals surface area contributed by atoms with Crippen molar-refractivity contribution in [3.05, 3.63) is 53.6 Å². The predicted octanol–water partition coefficient (Wildman–Crippen LogP) is 4.95. The van der Waals surface area contributed by atoms with Crippen molar-refractivity contribution in [3.63, 3.8) is 0 Å². The van der Waals surface area contributed by atoms with Crippen LogP contribution in [0.25, 0.3) is 22.0 Å². The number of anilines is 1. The van der Waals surface area contributed by atoms with E-state index in [-0.39, 0.29) is 41.1 Å². The van der Waals surface area contributed by atoms with E-state index < -0.39 is 25.3 Å². The number of nitrogens with one attached hydrogen (secondary N) is 1. The third kappa shape index (κ3) is 6.70. The molecule has 4 aromatic rings. The molecule has 1 unspecified atom stereocenters. The molecular formula is C25H28F2N7O5PS. The number of thiazole rings is 1. The summed E-state index contributed by atoms with van der Waals surface area (Å²) in [6.45, 7) is 4.11. The highest BCUT2D eigenvalue weighted by Crippen LogP contribution is 2.37. The lowest BCUT2D eigenvalue weighted by molar-refractivity contribution is 0.0260. The molecule has 4 heterocycles. The van der Waals surface area contributed by atoms with E-state index in [0.717, 1.165) is 54.0 Å². The average Bonchev–Trinajstić information content (AvgIpc) is 3.71. The maximum absolute atomic E-state index is 14.7. The van der Waals surface area contributed by atoms with Crippen LogP contribution in [0.1, 0.15) is 56.1 Å². The zero-order valence-electron chi connectivity index (χ0n) is 22.2. The standard InChI is InChI=1S/C25H28F2N7O5PS/c1-3-38-17-7-5-16(6-8-17)33-13-19(23(32-33)22-18(26)9-10-21(27)31-22)29-24(35)20-14-41-25(30-20)15-11-28-34(12-15)39-40(36,37)4-2/h9-14,16-17H,3-8H2,1-2H3,(H,29,35)(H,36,37). The third-order valence-corrected chi connectivity index (χ3v) is 8.70. The van der Waals surface area contributed by atoms with E-state index in [1.807, 2.05) is 6.92 Å². The van der Waals surface area contributed by atoms with Gasteiger partial charge in [0.2, 0.25) is 5.95 Å². The highest BCUT2D eigenvalue weighted by Gasteiger charge is 2.27. The fraction of sp³-hybridized carbons (Fsp3) is 0.400. The lowest BCUT2D eigenvalue weighted by Crippen LogP contribution is -2.24. The molecule has 5 rings (SSSR count). The van der Waals surface area contributed by atoms with E-state index in [1.54, 1.807) is 10.9 Å². The van der Waals surface area contributed by atoms with Gasteiger partial charge in [-0.25, -0.2) is 18.9 Å². The van der Waals surface area contributed by atoms with Crippen molar-refractivity contribution < 1.29 is 32.4 Å². The normalized spacial score (nSPS) is 18.7. The largest absolute Gasteiger partial charge is 0.397 e. The Morgan fingerprint density at radius 2 is 1.95 bits per heavy atom. The van der Waals surface area contributed by atoms with Crippen molar-refractivity contribution in [2.24, 2.45) is 0 Å². The Labute approximate surface area is 237 Å². The summed E-state index contributed by atoms with van der Waals surface area (Å²) in [6.07, 6.45) is 7.65. The van der Waals surface area contributed by atoms with Gasteiger partial charge in [0.25, 0.3) is 5.91 Å². The van der Waals surface area contributed by atoms with Gasteiger partial charge in [-0.05, 0) is 44.7 Å². The topological polar surface area (TPSA) is 146 Å². The van der Waals surface area contributed by atoms with Crippen LogP contribution < -0.4 is 9.94 Å². The molecule has 1 atom stereocenters. The van der Waals surface area contributed by atoms with Crippen molar-refractivity contribution >= 4 is 30.5 Å². The number of carbonyl (C=O) groups is 1. The number of hydrogen-bond donors (Lipinski definition) is 2. The van der Waals surface area contributed by atoms with Gasteiger partial charge in [-0.1, -0.05) is 11.8 Å². The Morgan fingerprint density at radius 3 is 2.68 bits per heavy atom. The molecule has 16 heteroatoms. The smallest absolute Gasteiger partial charge is 0.379 e. The molecule has 0 aromatic carbocycles. The van der Waals surface area contributed by atoms with E-state index in [0.29, 0.717) is 17.2 Å². The number of halogens is 2. The summed E-state index contributed by atoms with van der Waals surface area (Å²) >= 11 is 1.15. The van der Waals surface area contributed by atoms with Gasteiger partial charge in [-0.2, -0.15) is 9.49 Å². The molecular weight excluding hydrogens is 579 g/mol. The number of ether oxygens (including phenoxy) is 1. The fourth-order valence-corrected chi connectivity index (χ4v) is 5.73. The molecule has 41 heavy (non-hydrogen) atoms. The summed E-state index contributed by atoms with van der Waals surface area (Å²) in [6, 6.07) is 1.86. The summed E-state index contributed by atoms with van der Waals surface area (Å²) in [5, 5.41) is 13.1. The minimum Gasteiger partial charge on any atom is -0.379 e. The number of amides is 1. The Hall–Kier alpha value is -3.52. The molecule has 1 aliphatic carbocycles. The van der Waals surface area contributed by atoms with Crippen LogP contribution in [0.3, 0.4) is 0 Å². The number of rotatable bonds is 10. The predicted molar refractivity (Wildman–Crippen MR) is 147 cm³/mol. The maximum atomic E-state index is 14.7. The lowest BCUT2D eigenvalue weighted by Gasteiger charge is -2.28. The van der Waals surface area contributed by atoms with Crippen LogP contribution in [0.15, 0.2) is 36.1 Å². The molecule has 0 aliphatic heterocycles. The van der Waals surface area contributed by atoms with Crippen LogP contribution in [-0.4, -0.2) is 59.4 Å². The van der Waals surface area contributed by atoms with E-state index in [2.05, 4.69) is 25.5 Å². The highest BCUT2D eigenvalue weighted by atomic mass is 32.1. The van der Waals surface area contributed by atoms with Gasteiger partial charge in [0.15, 0.2) is 5.82 Å². The molecule has 1 saturated carbocycles. The molecule has 2 N–H and O–H groups in total. The van der Waals surface area contributed by atoms with Gasteiger partial charge >= 0.3 is 7.60 Å². The molecule has 0 radical (unpaired) electrons. The first-order valence-electron chi connectivity index (χ1n) is 13.0. The number of hydrogen-bond acceptors (Lipinski definition) is 9. The quantitative estimate of drug-likeness (QED) is 0.189. The van der Waals surface area contributed by atoms with Crippen molar-refractivity contribution in [1.82, 2.24) is 29.7 Å². The number of aromatic nitrogens is 6. The number of carbonyl (C=O) groups excluding carboxylic acids is 1. The summed E-state index contributed by atoms with van der Waals surface area (Å²) in [5.41, 5.74) is 0.367. The van der Waals surface area contributed by atoms with Crippen LogP contribution in [0.2, 0.25) is 0 Å². The zero-order valence-corrected chi connectivity index (χ0v) is 23.9. The first-order chi connectivity index (χ1) is 19.7. The molecule has 12 nitrogen and oxygen atoms in total. The minimum absolute atomic E-state index is 0.000479. The highest BCUT2D eigenvalue weighted by molar-refractivity contribution is 7.52. The second-order valence-corrected chi connectivity index (χ2v) is 12.3. The Morgan fingerprint density at radius 1 is 1.17 bits per heavy atom. The summed E-state index contributed by atoms with van der Waals surface area (Å²) in [7, 11) is -3.83. The van der Waals surface area contributed by atoms with Crippen molar-refractivity contribution in [2.75, 3.05) is 18.1 Å². The van der Waals surface area contributed by atoms with Crippen LogP contribution in [-0.2, 0) is 9.30 Å². The van der Waals surface area contributed by atoms with Gasteiger partial charge in [-0.15, -0.1) is 16.4 Å². The van der Waals surface area contributed by atoms with E-state index in [9.17, 15) is 23.0 Å². The molecule has 0 bridgehead atoms. The van der Waals surface area contributed by atoms with Gasteiger partial charge in [0.1, 0.15) is 22.1 Å². The molecule has 1 fully saturated rings. The van der Waals surface area contributed by atoms with Crippen LogP contribution in [0.5, 0.6) is 0 Å². The van der Waals surface area contributed by atoms with Gasteiger partial charge < -0.3 is 19.6 Å². The molecule has 4 aromatic heterocycles. The van der Waals surface area contributed by atoms with E-state index in [1.165, 1.54) is 24.7 Å². The fourth-order valence-electron chi connectivity index (χ4n) is 4.49. The summed E-state index contributed by atoms with van der Waals surface area (Å²) < 4.78 is 52.9. The third-order valence-electron chi connectivity index (χ3n) is 6.59. The molecule has 0 saturated heterocycles. The minimum atomic E-state index is -3.83. The van der Waals surface area contributed by atoms with Gasteiger partial charge in [0, 0.05) is 18.2 Å². The Bertz CT molecular complexity index is 1580. The molecule has 1 aliphatic rings. The average molecular weight is 608 g/mol. The van der Waals surface area contributed by atoms with Crippen LogP contribution in [0, 0.1) is 11.8 Å². The zero-order chi connectivity index (χ0) is 29.1. The second-order valence-electron chi connectivity index (χ2n) is 9.38.